The third-order valence-electron chi connectivity index (χ3n) is 2.45. The Bertz CT molecular complexity index is 740. The van der Waals surface area contributed by atoms with E-state index in [4.69, 9.17) is 9.15 Å². The second-order valence-corrected chi connectivity index (χ2v) is 5.47. The lowest BCUT2D eigenvalue weighted by Crippen LogP contribution is -2.29. The lowest BCUT2D eigenvalue weighted by molar-refractivity contribution is -0.401. The number of ether oxygens (including phenoxy) is 1. The largest absolute Gasteiger partial charge is 0.443 e. The van der Waals surface area contributed by atoms with Crippen LogP contribution in [0.25, 0.3) is 11.5 Å². The van der Waals surface area contributed by atoms with Gasteiger partial charge in [0.1, 0.15) is 16.2 Å². The number of hydrazone groups is 1. The molecule has 2 heterocycles. The summed E-state index contributed by atoms with van der Waals surface area (Å²) in [5, 5.41) is 20.8. The predicted octanol–water partition coefficient (Wildman–Crippen LogP) is 2.44. The number of nitrogens with zero attached hydrogens (tertiary/aromatic N) is 3. The Hall–Kier alpha value is -3.17. The summed E-state index contributed by atoms with van der Waals surface area (Å²) in [5.41, 5.74) is 2.45. The fourth-order valence-corrected chi connectivity index (χ4v) is 1.61. The zero-order chi connectivity index (χ0) is 17.0. The van der Waals surface area contributed by atoms with E-state index in [-0.39, 0.29) is 11.6 Å². The van der Waals surface area contributed by atoms with Crippen LogP contribution in [0.1, 0.15) is 26.3 Å². The highest BCUT2D eigenvalue weighted by atomic mass is 16.6. The topological polar surface area (TPSA) is 136 Å². The Morgan fingerprint density at radius 3 is 2.87 bits per heavy atom. The number of hydrogen-bond donors (Lipinski definition) is 2. The monoisotopic (exact) mass is 321 g/mol. The zero-order valence-electron chi connectivity index (χ0n) is 12.7. The summed E-state index contributed by atoms with van der Waals surface area (Å²) in [6, 6.07) is 2.67. The minimum Gasteiger partial charge on any atom is -0.443 e. The average molecular weight is 321 g/mol. The standard InChI is InChI=1S/C13H15N5O5/c1-13(2,3)23-12(19)17-15-7-8-6-14-16-11(8)9-4-5-10(22-9)18(20)21/h4-7H,1-3H3,(H,14,16)(H,17,19). The van der Waals surface area contributed by atoms with Gasteiger partial charge in [0.2, 0.25) is 0 Å². The molecule has 0 fully saturated rings. The summed E-state index contributed by atoms with van der Waals surface area (Å²) in [4.78, 5) is 21.4. The molecule has 2 aromatic rings. The molecule has 0 aliphatic rings. The number of nitro groups is 1. The molecule has 0 spiro atoms. The molecule has 0 saturated carbocycles. The van der Waals surface area contributed by atoms with Crippen molar-refractivity contribution in [3.63, 3.8) is 0 Å². The van der Waals surface area contributed by atoms with Gasteiger partial charge in [-0.1, -0.05) is 0 Å². The summed E-state index contributed by atoms with van der Waals surface area (Å²) in [6.07, 6.45) is 2.05. The third kappa shape index (κ3) is 4.40. The van der Waals surface area contributed by atoms with Crippen LogP contribution in [0.5, 0.6) is 0 Å². The summed E-state index contributed by atoms with van der Waals surface area (Å²) in [7, 11) is 0. The molecule has 2 rings (SSSR count). The van der Waals surface area contributed by atoms with E-state index in [0.29, 0.717) is 11.3 Å². The van der Waals surface area contributed by atoms with Crippen LogP contribution >= 0.6 is 0 Å². The number of H-pyrrole nitrogens is 1. The van der Waals surface area contributed by atoms with Crippen LogP contribution < -0.4 is 5.43 Å². The van der Waals surface area contributed by atoms with Crippen LogP contribution in [0.2, 0.25) is 0 Å². The molecule has 10 heteroatoms. The Morgan fingerprint density at radius 2 is 2.26 bits per heavy atom. The number of aromatic nitrogens is 2. The van der Waals surface area contributed by atoms with Crippen molar-refractivity contribution in [1.82, 2.24) is 15.6 Å². The Balaban J connectivity index is 2.07. The molecule has 0 saturated heterocycles. The average Bonchev–Trinajstić information content (AvgIpc) is 3.03. The first-order valence-electron chi connectivity index (χ1n) is 6.56. The first kappa shape index (κ1) is 16.2. The normalized spacial score (nSPS) is 11.6. The first-order chi connectivity index (χ1) is 10.8. The van der Waals surface area contributed by atoms with Crippen molar-refractivity contribution in [3.8, 4) is 11.5 Å². The van der Waals surface area contributed by atoms with Crippen LogP contribution in [0.4, 0.5) is 10.7 Å². The summed E-state index contributed by atoms with van der Waals surface area (Å²) in [6.45, 7) is 5.19. The van der Waals surface area contributed by atoms with Crippen molar-refractivity contribution in [2.24, 2.45) is 5.10 Å². The maximum atomic E-state index is 11.5. The Kier molecular flexibility index (Phi) is 4.44. The van der Waals surface area contributed by atoms with E-state index in [2.05, 4.69) is 20.7 Å². The highest BCUT2D eigenvalue weighted by Crippen LogP contribution is 2.26. The van der Waals surface area contributed by atoms with Gasteiger partial charge in [0, 0.05) is 5.56 Å². The van der Waals surface area contributed by atoms with Crippen molar-refractivity contribution in [1.29, 1.82) is 0 Å². The molecule has 2 aromatic heterocycles. The quantitative estimate of drug-likeness (QED) is 0.504. The van der Waals surface area contributed by atoms with E-state index in [1.807, 2.05) is 0 Å². The van der Waals surface area contributed by atoms with Gasteiger partial charge in [-0.15, -0.1) is 0 Å². The lowest BCUT2D eigenvalue weighted by Gasteiger charge is -2.18. The van der Waals surface area contributed by atoms with E-state index in [1.165, 1.54) is 24.5 Å². The van der Waals surface area contributed by atoms with Crippen LogP contribution in [-0.4, -0.2) is 33.0 Å². The van der Waals surface area contributed by atoms with Gasteiger partial charge in [-0.05, 0) is 26.8 Å². The summed E-state index contributed by atoms with van der Waals surface area (Å²) >= 11 is 0. The zero-order valence-corrected chi connectivity index (χ0v) is 12.7. The molecule has 0 bridgehead atoms. The molecule has 0 aliphatic heterocycles. The Morgan fingerprint density at radius 1 is 1.52 bits per heavy atom. The van der Waals surface area contributed by atoms with E-state index < -0.39 is 16.6 Å². The van der Waals surface area contributed by atoms with E-state index in [0.717, 1.165) is 0 Å². The minimum atomic E-state index is -0.701. The molecule has 0 radical (unpaired) electrons. The van der Waals surface area contributed by atoms with E-state index >= 15 is 0 Å². The maximum Gasteiger partial charge on any atom is 0.433 e. The van der Waals surface area contributed by atoms with Crippen LogP contribution in [0.15, 0.2) is 27.8 Å². The van der Waals surface area contributed by atoms with E-state index in [1.54, 1.807) is 20.8 Å². The number of furan rings is 1. The molecule has 0 aromatic carbocycles. The molecule has 122 valence electrons. The molecule has 1 amide bonds. The number of nitrogens with one attached hydrogen (secondary N) is 2. The van der Waals surface area contributed by atoms with Gasteiger partial charge in [0.05, 0.1) is 18.5 Å². The van der Waals surface area contributed by atoms with Gasteiger partial charge < -0.3 is 9.15 Å². The number of carbonyl (C=O) groups is 1. The smallest absolute Gasteiger partial charge is 0.433 e. The molecule has 10 nitrogen and oxygen atoms in total. The first-order valence-corrected chi connectivity index (χ1v) is 6.56. The van der Waals surface area contributed by atoms with Gasteiger partial charge in [-0.25, -0.2) is 10.2 Å². The van der Waals surface area contributed by atoms with Crippen LogP contribution in [0, 0.1) is 10.1 Å². The number of aromatic amines is 1. The predicted molar refractivity (Wildman–Crippen MR) is 79.9 cm³/mol. The lowest BCUT2D eigenvalue weighted by atomic mass is 10.2. The second kappa shape index (κ2) is 6.30. The van der Waals surface area contributed by atoms with E-state index in [9.17, 15) is 14.9 Å². The molecular weight excluding hydrogens is 306 g/mol. The highest BCUT2D eigenvalue weighted by Gasteiger charge is 2.17. The SMILES string of the molecule is CC(C)(C)OC(=O)NN=Cc1cn[nH]c1-c1ccc([N+](=O)[O-])o1. The third-order valence-corrected chi connectivity index (χ3v) is 2.45. The van der Waals surface area contributed by atoms with Crippen molar-refractivity contribution < 1.29 is 18.9 Å². The van der Waals surface area contributed by atoms with Gasteiger partial charge in [-0.3, -0.25) is 15.2 Å². The Labute approximate surface area is 130 Å². The fourth-order valence-electron chi connectivity index (χ4n) is 1.61. The number of hydrogen-bond acceptors (Lipinski definition) is 7. The van der Waals surface area contributed by atoms with Gasteiger partial charge >= 0.3 is 12.0 Å². The van der Waals surface area contributed by atoms with Gasteiger partial charge in [-0.2, -0.15) is 10.2 Å². The van der Waals surface area contributed by atoms with Crippen LogP contribution in [-0.2, 0) is 4.74 Å². The molecule has 0 aliphatic carbocycles. The minimum absolute atomic E-state index is 0.230. The van der Waals surface area contributed by atoms with Crippen molar-refractivity contribution in [3.05, 3.63) is 34.0 Å². The van der Waals surface area contributed by atoms with Crippen molar-refractivity contribution >= 4 is 18.2 Å². The molecular formula is C13H15N5O5. The molecule has 0 unspecified atom stereocenters. The van der Waals surface area contributed by atoms with Crippen molar-refractivity contribution in [2.75, 3.05) is 0 Å². The second-order valence-electron chi connectivity index (χ2n) is 5.47. The number of amides is 1. The summed E-state index contributed by atoms with van der Waals surface area (Å²) in [5.74, 6) is -0.155. The molecule has 23 heavy (non-hydrogen) atoms. The van der Waals surface area contributed by atoms with Gasteiger partial charge in [0.15, 0.2) is 5.76 Å². The maximum absolute atomic E-state index is 11.5. The molecule has 2 N–H and O–H groups in total. The number of rotatable bonds is 4. The highest BCUT2D eigenvalue weighted by molar-refractivity contribution is 5.88. The van der Waals surface area contributed by atoms with Crippen molar-refractivity contribution in [2.45, 2.75) is 26.4 Å². The van der Waals surface area contributed by atoms with Crippen LogP contribution in [0.3, 0.4) is 0 Å². The van der Waals surface area contributed by atoms with Gasteiger partial charge in [0.25, 0.3) is 0 Å². The molecule has 0 atom stereocenters. The number of carbonyl (C=O) groups excluding carboxylic acids is 1. The fraction of sp³-hybridized carbons (Fsp3) is 0.308. The summed E-state index contributed by atoms with van der Waals surface area (Å²) < 4.78 is 10.1.